The minimum Gasteiger partial charge on any atom is -0.478 e. The van der Waals surface area contributed by atoms with Crippen molar-refractivity contribution in [1.82, 2.24) is 4.57 Å². The molecule has 0 saturated heterocycles. The number of pyridine rings is 1. The van der Waals surface area contributed by atoms with E-state index in [9.17, 15) is 14.7 Å². The molecule has 0 spiro atoms. The molecule has 0 unspecified atom stereocenters. The zero-order valence-corrected chi connectivity index (χ0v) is 11.9. The van der Waals surface area contributed by atoms with Gasteiger partial charge in [-0.15, -0.1) is 0 Å². The number of aryl methyl sites for hydroxylation is 1. The van der Waals surface area contributed by atoms with Crippen LogP contribution < -0.4 is 10.9 Å². The molecule has 0 fully saturated rings. The van der Waals surface area contributed by atoms with E-state index in [-0.39, 0.29) is 16.8 Å². The molecule has 3 aromatic rings. The lowest BCUT2D eigenvalue weighted by molar-refractivity contribution is 0.0697. The number of fused-ring (bicyclic) bond motifs is 1. The van der Waals surface area contributed by atoms with Crippen molar-refractivity contribution < 1.29 is 9.90 Å². The predicted octanol–water partition coefficient (Wildman–Crippen LogP) is 2.98. The van der Waals surface area contributed by atoms with E-state index in [2.05, 4.69) is 5.32 Å². The van der Waals surface area contributed by atoms with Crippen molar-refractivity contribution in [2.45, 2.75) is 0 Å². The van der Waals surface area contributed by atoms with E-state index < -0.39 is 5.97 Å². The fourth-order valence-corrected chi connectivity index (χ4v) is 2.33. The summed E-state index contributed by atoms with van der Waals surface area (Å²) < 4.78 is 1.25. The van der Waals surface area contributed by atoms with Gasteiger partial charge < -0.3 is 15.0 Å². The average Bonchev–Trinajstić information content (AvgIpc) is 2.50. The van der Waals surface area contributed by atoms with E-state index in [1.165, 1.54) is 23.9 Å². The summed E-state index contributed by atoms with van der Waals surface area (Å²) in [7, 11) is 1.52. The van der Waals surface area contributed by atoms with Gasteiger partial charge in [-0.3, -0.25) is 4.79 Å². The second-order valence-electron chi connectivity index (χ2n) is 5.04. The van der Waals surface area contributed by atoms with Crippen LogP contribution in [0.25, 0.3) is 10.8 Å². The highest BCUT2D eigenvalue weighted by Crippen LogP contribution is 2.23. The molecular weight excluding hydrogens is 280 g/mol. The minimum absolute atomic E-state index is 0.0512. The van der Waals surface area contributed by atoms with Crippen LogP contribution in [0.2, 0.25) is 0 Å². The summed E-state index contributed by atoms with van der Waals surface area (Å²) in [6.45, 7) is 0. The summed E-state index contributed by atoms with van der Waals surface area (Å²) in [6.07, 6.45) is 1.31. The van der Waals surface area contributed by atoms with Gasteiger partial charge in [-0.05, 0) is 22.9 Å². The van der Waals surface area contributed by atoms with Crippen molar-refractivity contribution in [1.29, 1.82) is 0 Å². The van der Waals surface area contributed by atoms with Crippen LogP contribution in [0.4, 0.5) is 11.4 Å². The molecule has 1 heterocycles. The van der Waals surface area contributed by atoms with E-state index in [4.69, 9.17) is 0 Å². The maximum absolute atomic E-state index is 11.7. The number of nitrogens with one attached hydrogen (secondary N) is 1. The van der Waals surface area contributed by atoms with Crippen LogP contribution in [0, 0.1) is 0 Å². The average molecular weight is 294 g/mol. The molecule has 1 aromatic heterocycles. The van der Waals surface area contributed by atoms with Crippen LogP contribution in [0.1, 0.15) is 10.4 Å². The minimum atomic E-state index is -1.08. The molecule has 5 heteroatoms. The Bertz CT molecular complexity index is 929. The molecule has 0 saturated carbocycles. The Morgan fingerprint density at radius 3 is 2.55 bits per heavy atom. The number of aromatic carboxylic acids is 1. The van der Waals surface area contributed by atoms with Gasteiger partial charge in [0, 0.05) is 25.0 Å². The molecule has 0 aliphatic carbocycles. The van der Waals surface area contributed by atoms with Crippen molar-refractivity contribution in [3.63, 3.8) is 0 Å². The van der Waals surface area contributed by atoms with Crippen LogP contribution in [-0.2, 0) is 7.05 Å². The second-order valence-corrected chi connectivity index (χ2v) is 5.04. The number of aromatic nitrogens is 1. The molecule has 2 aromatic carbocycles. The monoisotopic (exact) mass is 294 g/mol. The van der Waals surface area contributed by atoms with Crippen LogP contribution >= 0.6 is 0 Å². The molecule has 0 aliphatic heterocycles. The Morgan fingerprint density at radius 1 is 1.09 bits per heavy atom. The lowest BCUT2D eigenvalue weighted by atomic mass is 10.1. The quantitative estimate of drug-likeness (QED) is 0.779. The zero-order valence-electron chi connectivity index (χ0n) is 11.9. The zero-order chi connectivity index (χ0) is 15.7. The number of benzene rings is 2. The van der Waals surface area contributed by atoms with Crippen LogP contribution in [0.15, 0.2) is 59.5 Å². The second kappa shape index (κ2) is 5.37. The third kappa shape index (κ3) is 2.56. The van der Waals surface area contributed by atoms with Crippen LogP contribution in [0.5, 0.6) is 0 Å². The topological polar surface area (TPSA) is 71.3 Å². The number of carboxylic acids is 1. The maximum atomic E-state index is 11.7. The number of carboxylic acid groups (broad SMARTS) is 1. The largest absolute Gasteiger partial charge is 0.478 e. The first-order chi connectivity index (χ1) is 10.5. The van der Waals surface area contributed by atoms with Gasteiger partial charge in [0.2, 0.25) is 0 Å². The van der Waals surface area contributed by atoms with Crippen molar-refractivity contribution in [2.75, 3.05) is 5.32 Å². The summed E-state index contributed by atoms with van der Waals surface area (Å²) >= 11 is 0. The molecule has 110 valence electrons. The molecular formula is C17H14N2O3. The Kier molecular flexibility index (Phi) is 3.39. The molecule has 0 amide bonds. The highest BCUT2D eigenvalue weighted by Gasteiger charge is 2.12. The molecule has 0 atom stereocenters. The molecule has 0 radical (unpaired) electrons. The van der Waals surface area contributed by atoms with E-state index in [1.54, 1.807) is 0 Å². The van der Waals surface area contributed by atoms with Crippen LogP contribution in [-0.4, -0.2) is 15.6 Å². The Morgan fingerprint density at radius 2 is 1.82 bits per heavy atom. The van der Waals surface area contributed by atoms with Gasteiger partial charge in [-0.25, -0.2) is 4.79 Å². The normalized spacial score (nSPS) is 10.6. The standard InChI is InChI=1S/C17H14N2O3/c1-19-10-14(17(21)22)15(9-16(19)20)18-13-7-6-11-4-2-3-5-12(11)8-13/h2-10,18H,1H3,(H,21,22). The summed E-state index contributed by atoms with van der Waals surface area (Å²) in [5.74, 6) is -1.08. The summed E-state index contributed by atoms with van der Waals surface area (Å²) in [4.78, 5) is 23.1. The third-order valence-electron chi connectivity index (χ3n) is 3.49. The van der Waals surface area contributed by atoms with Crippen molar-refractivity contribution in [3.05, 3.63) is 70.6 Å². The molecule has 2 N–H and O–H groups in total. The molecule has 5 nitrogen and oxygen atoms in total. The van der Waals surface area contributed by atoms with Gasteiger partial charge in [0.05, 0.1) is 11.3 Å². The van der Waals surface area contributed by atoms with Crippen molar-refractivity contribution in [2.24, 2.45) is 7.05 Å². The van der Waals surface area contributed by atoms with Crippen LogP contribution in [0.3, 0.4) is 0 Å². The highest BCUT2D eigenvalue weighted by molar-refractivity contribution is 5.95. The number of hydrogen-bond donors (Lipinski definition) is 2. The first-order valence-electron chi connectivity index (χ1n) is 6.74. The number of hydrogen-bond acceptors (Lipinski definition) is 3. The summed E-state index contributed by atoms with van der Waals surface area (Å²) in [5.41, 5.74) is 0.795. The first-order valence-corrected chi connectivity index (χ1v) is 6.74. The van der Waals surface area contributed by atoms with Gasteiger partial charge in [0.1, 0.15) is 0 Å². The van der Waals surface area contributed by atoms with Crippen molar-refractivity contribution in [3.8, 4) is 0 Å². The Balaban J connectivity index is 2.06. The van der Waals surface area contributed by atoms with Gasteiger partial charge >= 0.3 is 5.97 Å². The number of rotatable bonds is 3. The van der Waals surface area contributed by atoms with Gasteiger partial charge in [0.15, 0.2) is 0 Å². The smallest absolute Gasteiger partial charge is 0.339 e. The summed E-state index contributed by atoms with van der Waals surface area (Å²) in [5, 5.41) is 14.4. The summed E-state index contributed by atoms with van der Waals surface area (Å²) in [6, 6.07) is 14.9. The fraction of sp³-hybridized carbons (Fsp3) is 0.0588. The van der Waals surface area contributed by atoms with Gasteiger partial charge in [-0.1, -0.05) is 30.3 Å². The lowest BCUT2D eigenvalue weighted by Gasteiger charge is -2.11. The van der Waals surface area contributed by atoms with Gasteiger partial charge in [-0.2, -0.15) is 0 Å². The Hall–Kier alpha value is -3.08. The molecule has 22 heavy (non-hydrogen) atoms. The van der Waals surface area contributed by atoms with E-state index in [0.29, 0.717) is 0 Å². The highest BCUT2D eigenvalue weighted by atomic mass is 16.4. The van der Waals surface area contributed by atoms with E-state index in [1.807, 2.05) is 42.5 Å². The third-order valence-corrected chi connectivity index (χ3v) is 3.49. The fourth-order valence-electron chi connectivity index (χ4n) is 2.33. The number of nitrogens with zero attached hydrogens (tertiary/aromatic N) is 1. The number of carbonyl (C=O) groups is 1. The predicted molar refractivity (Wildman–Crippen MR) is 85.9 cm³/mol. The first kappa shape index (κ1) is 13.9. The molecule has 0 aliphatic rings. The Labute approximate surface area is 126 Å². The van der Waals surface area contributed by atoms with E-state index in [0.717, 1.165) is 16.5 Å². The molecule has 0 bridgehead atoms. The van der Waals surface area contributed by atoms with Crippen molar-refractivity contribution >= 4 is 28.1 Å². The maximum Gasteiger partial charge on any atom is 0.339 e. The molecule has 3 rings (SSSR count). The lowest BCUT2D eigenvalue weighted by Crippen LogP contribution is -2.19. The van der Waals surface area contributed by atoms with E-state index >= 15 is 0 Å². The number of anilines is 2. The van der Waals surface area contributed by atoms with Gasteiger partial charge in [0.25, 0.3) is 5.56 Å². The SMILES string of the molecule is Cn1cc(C(=O)O)c(Nc2ccc3ccccc3c2)cc1=O.